The number of rotatable bonds is 6. The third-order valence-corrected chi connectivity index (χ3v) is 3.81. The van der Waals surface area contributed by atoms with Crippen molar-refractivity contribution in [3.8, 4) is 0 Å². The third kappa shape index (κ3) is 3.91. The normalized spacial score (nSPS) is 18.3. The van der Waals surface area contributed by atoms with Crippen LogP contribution >= 0.6 is 0 Å². The number of carbonyl (C=O) groups is 1. The average molecular weight is 303 g/mol. The number of amides is 1. The van der Waals surface area contributed by atoms with E-state index < -0.39 is 0 Å². The summed E-state index contributed by atoms with van der Waals surface area (Å²) >= 11 is 0. The van der Waals surface area contributed by atoms with Crippen LogP contribution in [-0.2, 0) is 17.9 Å². The van der Waals surface area contributed by atoms with Crippen LogP contribution in [0, 0.1) is 0 Å². The molecule has 1 amide bonds. The highest BCUT2D eigenvalue weighted by Gasteiger charge is 2.17. The Balaban J connectivity index is 1.44. The molecule has 3 heterocycles. The maximum Gasteiger partial charge on any atom is 0.241 e. The molecule has 8 heteroatoms. The summed E-state index contributed by atoms with van der Waals surface area (Å²) in [7, 11) is 0. The summed E-state index contributed by atoms with van der Waals surface area (Å²) in [6, 6.07) is 2.01. The van der Waals surface area contributed by atoms with E-state index in [1.54, 1.807) is 15.7 Å². The van der Waals surface area contributed by atoms with Gasteiger partial charge in [-0.05, 0) is 25.5 Å². The topological polar surface area (TPSA) is 89.7 Å². The fourth-order valence-corrected chi connectivity index (χ4v) is 2.65. The molecule has 0 aromatic carbocycles. The van der Waals surface area contributed by atoms with E-state index in [-0.39, 0.29) is 12.5 Å². The van der Waals surface area contributed by atoms with Gasteiger partial charge in [0.05, 0.1) is 12.2 Å². The summed E-state index contributed by atoms with van der Waals surface area (Å²) in [5.41, 5.74) is 1.07. The molecule has 2 N–H and O–H groups in total. The van der Waals surface area contributed by atoms with Crippen LogP contribution in [0.15, 0.2) is 24.9 Å². The number of hydrogen-bond donors (Lipinski definition) is 2. The number of piperidine rings is 1. The van der Waals surface area contributed by atoms with Crippen LogP contribution < -0.4 is 10.6 Å². The molecule has 0 aliphatic carbocycles. The van der Waals surface area contributed by atoms with Crippen molar-refractivity contribution in [3.63, 3.8) is 0 Å². The highest BCUT2D eigenvalue weighted by Crippen LogP contribution is 2.21. The Labute approximate surface area is 128 Å². The summed E-state index contributed by atoms with van der Waals surface area (Å²) in [4.78, 5) is 15.8. The van der Waals surface area contributed by atoms with Gasteiger partial charge in [0, 0.05) is 25.2 Å². The van der Waals surface area contributed by atoms with Gasteiger partial charge < -0.3 is 10.6 Å². The zero-order valence-electron chi connectivity index (χ0n) is 12.5. The predicted molar refractivity (Wildman–Crippen MR) is 80.1 cm³/mol. The van der Waals surface area contributed by atoms with Gasteiger partial charge in [-0.15, -0.1) is 0 Å². The summed E-state index contributed by atoms with van der Waals surface area (Å²) in [6.45, 7) is 3.46. The second kappa shape index (κ2) is 7.17. The Morgan fingerprint density at radius 3 is 3.18 bits per heavy atom. The van der Waals surface area contributed by atoms with Gasteiger partial charge in [0.1, 0.15) is 19.2 Å². The van der Waals surface area contributed by atoms with Gasteiger partial charge in [0.25, 0.3) is 0 Å². The molecule has 0 saturated carbocycles. The summed E-state index contributed by atoms with van der Waals surface area (Å²) < 4.78 is 3.39. The molecular weight excluding hydrogens is 282 g/mol. The number of aromatic nitrogens is 5. The Kier molecular flexibility index (Phi) is 4.79. The first-order valence-corrected chi connectivity index (χ1v) is 7.64. The molecule has 1 saturated heterocycles. The van der Waals surface area contributed by atoms with Gasteiger partial charge in [0.15, 0.2) is 0 Å². The van der Waals surface area contributed by atoms with Crippen molar-refractivity contribution >= 4 is 5.91 Å². The Morgan fingerprint density at radius 1 is 1.45 bits per heavy atom. The lowest BCUT2D eigenvalue weighted by atomic mass is 9.97. The van der Waals surface area contributed by atoms with E-state index in [9.17, 15) is 4.79 Å². The maximum atomic E-state index is 11.9. The van der Waals surface area contributed by atoms with E-state index in [0.29, 0.717) is 19.0 Å². The third-order valence-electron chi connectivity index (χ3n) is 3.81. The maximum absolute atomic E-state index is 11.9. The Morgan fingerprint density at radius 2 is 2.41 bits per heavy atom. The lowest BCUT2D eigenvalue weighted by Gasteiger charge is -2.20. The lowest BCUT2D eigenvalue weighted by Crippen LogP contribution is -2.31. The molecular formula is C14H21N7O. The zero-order valence-corrected chi connectivity index (χ0v) is 12.5. The quantitative estimate of drug-likeness (QED) is 0.768. The van der Waals surface area contributed by atoms with Crippen LogP contribution in [0.4, 0.5) is 0 Å². The van der Waals surface area contributed by atoms with Gasteiger partial charge in [-0.25, -0.2) is 4.98 Å². The lowest BCUT2D eigenvalue weighted by molar-refractivity contribution is -0.121. The van der Waals surface area contributed by atoms with E-state index in [0.717, 1.165) is 25.2 Å². The van der Waals surface area contributed by atoms with Crippen LogP contribution in [0.1, 0.15) is 24.5 Å². The van der Waals surface area contributed by atoms with Crippen molar-refractivity contribution in [2.75, 3.05) is 19.6 Å². The van der Waals surface area contributed by atoms with Crippen molar-refractivity contribution in [1.29, 1.82) is 0 Å². The monoisotopic (exact) mass is 303 g/mol. The molecule has 1 aliphatic rings. The Hall–Kier alpha value is -2.22. The van der Waals surface area contributed by atoms with E-state index >= 15 is 0 Å². The van der Waals surface area contributed by atoms with Crippen molar-refractivity contribution in [2.45, 2.75) is 31.8 Å². The molecule has 2 aromatic heterocycles. The molecule has 1 aliphatic heterocycles. The molecule has 3 rings (SSSR count). The van der Waals surface area contributed by atoms with Crippen LogP contribution in [-0.4, -0.2) is 50.1 Å². The minimum Gasteiger partial charge on any atom is -0.353 e. The van der Waals surface area contributed by atoms with E-state index in [4.69, 9.17) is 0 Å². The van der Waals surface area contributed by atoms with E-state index in [1.807, 2.05) is 12.3 Å². The number of hydrogen-bond acceptors (Lipinski definition) is 5. The van der Waals surface area contributed by atoms with Gasteiger partial charge >= 0.3 is 0 Å². The highest BCUT2D eigenvalue weighted by atomic mass is 16.2. The highest BCUT2D eigenvalue weighted by molar-refractivity contribution is 5.75. The summed E-state index contributed by atoms with van der Waals surface area (Å²) in [5.74, 6) is 0.418. The van der Waals surface area contributed by atoms with Crippen LogP contribution in [0.25, 0.3) is 0 Å². The van der Waals surface area contributed by atoms with Crippen molar-refractivity contribution in [2.24, 2.45) is 0 Å². The fourth-order valence-electron chi connectivity index (χ4n) is 2.65. The molecule has 1 atom stereocenters. The minimum absolute atomic E-state index is 0.0449. The molecule has 8 nitrogen and oxygen atoms in total. The summed E-state index contributed by atoms with van der Waals surface area (Å²) in [6.07, 6.45) is 7.33. The second-order valence-corrected chi connectivity index (χ2v) is 5.49. The SMILES string of the molecule is O=C(Cn1ccc(C2CCCNC2)n1)NCCn1cncn1. The number of nitrogens with zero attached hydrogens (tertiary/aromatic N) is 5. The average Bonchev–Trinajstić information content (AvgIpc) is 3.20. The minimum atomic E-state index is -0.0449. The largest absolute Gasteiger partial charge is 0.353 e. The predicted octanol–water partition coefficient (Wildman–Crippen LogP) is -0.242. The van der Waals surface area contributed by atoms with Crippen LogP contribution in [0.5, 0.6) is 0 Å². The van der Waals surface area contributed by atoms with E-state index in [2.05, 4.69) is 25.8 Å². The number of nitrogens with one attached hydrogen (secondary N) is 2. The van der Waals surface area contributed by atoms with Crippen molar-refractivity contribution < 1.29 is 4.79 Å². The van der Waals surface area contributed by atoms with Gasteiger partial charge in [0.2, 0.25) is 5.91 Å². The smallest absolute Gasteiger partial charge is 0.241 e. The van der Waals surface area contributed by atoms with Crippen molar-refractivity contribution in [1.82, 2.24) is 35.2 Å². The molecule has 1 unspecified atom stereocenters. The van der Waals surface area contributed by atoms with Crippen LogP contribution in [0.3, 0.4) is 0 Å². The first kappa shape index (κ1) is 14.7. The first-order valence-electron chi connectivity index (χ1n) is 7.64. The first-order chi connectivity index (χ1) is 10.8. The van der Waals surface area contributed by atoms with Gasteiger partial charge in [-0.1, -0.05) is 0 Å². The molecule has 118 valence electrons. The molecule has 2 aromatic rings. The molecule has 22 heavy (non-hydrogen) atoms. The number of carbonyl (C=O) groups excluding carboxylic acids is 1. The van der Waals surface area contributed by atoms with Gasteiger partial charge in [-0.3, -0.25) is 14.2 Å². The second-order valence-electron chi connectivity index (χ2n) is 5.49. The van der Waals surface area contributed by atoms with E-state index in [1.165, 1.54) is 12.7 Å². The standard InChI is InChI=1S/C14H21N7O/c22-14(17-5-7-21-11-16-10-18-21)9-20-6-3-13(19-20)12-2-1-4-15-8-12/h3,6,10-12,15H,1-2,4-5,7-9H2,(H,17,22). The summed E-state index contributed by atoms with van der Waals surface area (Å²) in [5, 5.41) is 14.7. The molecule has 1 fully saturated rings. The van der Waals surface area contributed by atoms with Crippen molar-refractivity contribution in [3.05, 3.63) is 30.6 Å². The molecule has 0 radical (unpaired) electrons. The van der Waals surface area contributed by atoms with Crippen LogP contribution in [0.2, 0.25) is 0 Å². The zero-order chi connectivity index (χ0) is 15.2. The fraction of sp³-hybridized carbons (Fsp3) is 0.571. The van der Waals surface area contributed by atoms with Gasteiger partial charge in [-0.2, -0.15) is 10.2 Å². The Bertz CT molecular complexity index is 586. The molecule has 0 bridgehead atoms. The molecule has 0 spiro atoms.